The Kier molecular flexibility index (Phi) is 9.83. The second-order valence-electron chi connectivity index (χ2n) is 6.59. The lowest BCUT2D eigenvalue weighted by Gasteiger charge is -2.13. The molecular weight excluding hydrogens is 441 g/mol. The Morgan fingerprint density at radius 3 is 2.32 bits per heavy atom. The molecule has 2 N–H and O–H groups in total. The SMILES string of the molecule is COCCOC(C)c1ccc(C#CCC(NC(=O)c2c(Cl)cccc2Cl)C(=O)O)cc1. The van der Waals surface area contributed by atoms with Crippen molar-refractivity contribution in [2.75, 3.05) is 20.3 Å². The third-order valence-corrected chi connectivity index (χ3v) is 5.00. The molecule has 0 heterocycles. The van der Waals surface area contributed by atoms with Crippen molar-refractivity contribution in [2.45, 2.75) is 25.5 Å². The van der Waals surface area contributed by atoms with Crippen molar-refractivity contribution in [2.24, 2.45) is 0 Å². The number of aliphatic carboxylic acids is 1. The molecule has 0 fully saturated rings. The zero-order valence-corrected chi connectivity index (χ0v) is 18.7. The van der Waals surface area contributed by atoms with Gasteiger partial charge in [-0.05, 0) is 36.8 Å². The molecule has 2 atom stereocenters. The molecule has 1 amide bonds. The van der Waals surface area contributed by atoms with Crippen molar-refractivity contribution in [3.8, 4) is 11.8 Å². The van der Waals surface area contributed by atoms with E-state index in [1.165, 1.54) is 12.1 Å². The fraction of sp³-hybridized carbons (Fsp3) is 0.304. The lowest BCUT2D eigenvalue weighted by atomic mass is 10.1. The summed E-state index contributed by atoms with van der Waals surface area (Å²) in [7, 11) is 1.62. The number of hydrogen-bond donors (Lipinski definition) is 2. The molecule has 0 saturated heterocycles. The second-order valence-corrected chi connectivity index (χ2v) is 7.41. The molecule has 0 spiro atoms. The molecule has 164 valence electrons. The highest BCUT2D eigenvalue weighted by molar-refractivity contribution is 6.39. The molecule has 0 aliphatic carbocycles. The van der Waals surface area contributed by atoms with Gasteiger partial charge in [-0.2, -0.15) is 0 Å². The van der Waals surface area contributed by atoms with Crippen molar-refractivity contribution < 1.29 is 24.2 Å². The number of hydrogen-bond acceptors (Lipinski definition) is 4. The summed E-state index contributed by atoms with van der Waals surface area (Å²) >= 11 is 12.0. The molecule has 0 aromatic heterocycles. The van der Waals surface area contributed by atoms with Crippen LogP contribution in [0.4, 0.5) is 0 Å². The van der Waals surface area contributed by atoms with Crippen LogP contribution in [0.5, 0.6) is 0 Å². The molecule has 0 aliphatic rings. The fourth-order valence-electron chi connectivity index (χ4n) is 2.64. The van der Waals surface area contributed by atoms with Gasteiger partial charge in [-0.3, -0.25) is 4.79 Å². The van der Waals surface area contributed by atoms with Crippen LogP contribution in [0.25, 0.3) is 0 Å². The number of carboxylic acids is 1. The van der Waals surface area contributed by atoms with E-state index in [-0.39, 0.29) is 28.1 Å². The van der Waals surface area contributed by atoms with E-state index < -0.39 is 17.9 Å². The molecular formula is C23H23Cl2NO5. The average Bonchev–Trinajstić information content (AvgIpc) is 2.73. The lowest BCUT2D eigenvalue weighted by Crippen LogP contribution is -2.40. The number of halogens is 2. The van der Waals surface area contributed by atoms with Crippen molar-refractivity contribution in [1.82, 2.24) is 5.32 Å². The quantitative estimate of drug-likeness (QED) is 0.426. The Bertz CT molecular complexity index is 946. The van der Waals surface area contributed by atoms with Gasteiger partial charge < -0.3 is 19.9 Å². The van der Waals surface area contributed by atoms with Crippen LogP contribution in [-0.2, 0) is 14.3 Å². The largest absolute Gasteiger partial charge is 0.480 e. The standard InChI is InChI=1S/C23H23Cl2NO5/c1-15(31-14-13-30-2)17-11-9-16(10-12-17)5-3-8-20(23(28)29)26-22(27)21-18(24)6-4-7-19(21)25/h4,6-7,9-12,15,20H,8,13-14H2,1-2H3,(H,26,27)(H,28,29). The zero-order chi connectivity index (χ0) is 22.8. The van der Waals surface area contributed by atoms with Crippen molar-refractivity contribution in [3.05, 3.63) is 69.2 Å². The van der Waals surface area contributed by atoms with Gasteiger partial charge in [0.25, 0.3) is 5.91 Å². The van der Waals surface area contributed by atoms with Crippen LogP contribution >= 0.6 is 23.2 Å². The van der Waals surface area contributed by atoms with Gasteiger partial charge in [0.1, 0.15) is 6.04 Å². The Labute approximate surface area is 191 Å². The summed E-state index contributed by atoms with van der Waals surface area (Å²) in [6, 6.07) is 10.9. The molecule has 0 aliphatic heterocycles. The van der Waals surface area contributed by atoms with E-state index >= 15 is 0 Å². The first-order valence-corrected chi connectivity index (χ1v) is 10.3. The molecule has 2 aromatic carbocycles. The van der Waals surface area contributed by atoms with E-state index in [0.717, 1.165) is 11.1 Å². The van der Waals surface area contributed by atoms with Crippen molar-refractivity contribution in [3.63, 3.8) is 0 Å². The van der Waals surface area contributed by atoms with Gasteiger partial charge in [-0.1, -0.05) is 53.2 Å². The fourth-order valence-corrected chi connectivity index (χ4v) is 3.21. The highest BCUT2D eigenvalue weighted by Crippen LogP contribution is 2.24. The molecule has 0 saturated carbocycles. The molecule has 2 unspecified atom stereocenters. The molecule has 2 rings (SSSR count). The van der Waals surface area contributed by atoms with E-state index in [2.05, 4.69) is 17.2 Å². The Morgan fingerprint density at radius 1 is 1.10 bits per heavy atom. The van der Waals surface area contributed by atoms with Gasteiger partial charge in [0, 0.05) is 19.1 Å². The average molecular weight is 464 g/mol. The first-order chi connectivity index (χ1) is 14.8. The highest BCUT2D eigenvalue weighted by atomic mass is 35.5. The van der Waals surface area contributed by atoms with Crippen LogP contribution in [0.15, 0.2) is 42.5 Å². The van der Waals surface area contributed by atoms with Gasteiger partial charge in [0.2, 0.25) is 0 Å². The predicted octanol–water partition coefficient (Wildman–Crippen LogP) is 4.34. The minimum absolute atomic E-state index is 0.0301. The number of amides is 1. The molecule has 6 nitrogen and oxygen atoms in total. The minimum Gasteiger partial charge on any atom is -0.480 e. The van der Waals surface area contributed by atoms with E-state index in [1.54, 1.807) is 13.2 Å². The number of nitrogens with one attached hydrogen (secondary N) is 1. The number of benzene rings is 2. The first-order valence-electron chi connectivity index (χ1n) is 9.50. The highest BCUT2D eigenvalue weighted by Gasteiger charge is 2.22. The Balaban J connectivity index is 2.00. The number of rotatable bonds is 9. The van der Waals surface area contributed by atoms with Crippen LogP contribution < -0.4 is 5.32 Å². The lowest BCUT2D eigenvalue weighted by molar-refractivity contribution is -0.139. The van der Waals surface area contributed by atoms with Crippen LogP contribution in [0, 0.1) is 11.8 Å². The van der Waals surface area contributed by atoms with Gasteiger partial charge in [0.15, 0.2) is 0 Å². The second kappa shape index (κ2) is 12.3. The number of carbonyl (C=O) groups is 2. The zero-order valence-electron chi connectivity index (χ0n) is 17.2. The number of ether oxygens (including phenoxy) is 2. The monoisotopic (exact) mass is 463 g/mol. The van der Waals surface area contributed by atoms with Crippen LogP contribution in [0.1, 0.15) is 40.9 Å². The summed E-state index contributed by atoms with van der Waals surface area (Å²) in [5, 5.41) is 12.1. The summed E-state index contributed by atoms with van der Waals surface area (Å²) in [4.78, 5) is 24.0. The van der Waals surface area contributed by atoms with Gasteiger partial charge in [-0.25, -0.2) is 4.79 Å². The van der Waals surface area contributed by atoms with E-state index in [1.807, 2.05) is 31.2 Å². The summed E-state index contributed by atoms with van der Waals surface area (Å²) in [5.74, 6) is 3.83. The predicted molar refractivity (Wildman–Crippen MR) is 120 cm³/mol. The molecule has 0 radical (unpaired) electrons. The van der Waals surface area contributed by atoms with Crippen molar-refractivity contribution >= 4 is 35.1 Å². The third kappa shape index (κ3) is 7.57. The Hall–Kier alpha value is -2.56. The molecule has 31 heavy (non-hydrogen) atoms. The maximum atomic E-state index is 12.4. The number of carboxylic acid groups (broad SMARTS) is 1. The van der Waals surface area contributed by atoms with Crippen LogP contribution in [-0.4, -0.2) is 43.3 Å². The minimum atomic E-state index is -1.21. The van der Waals surface area contributed by atoms with E-state index in [9.17, 15) is 14.7 Å². The molecule has 0 bridgehead atoms. The maximum absolute atomic E-state index is 12.4. The topological polar surface area (TPSA) is 84.9 Å². The van der Waals surface area contributed by atoms with E-state index in [0.29, 0.717) is 13.2 Å². The summed E-state index contributed by atoms with van der Waals surface area (Å²) < 4.78 is 10.6. The third-order valence-electron chi connectivity index (χ3n) is 4.37. The van der Waals surface area contributed by atoms with Crippen LogP contribution in [0.2, 0.25) is 10.0 Å². The smallest absolute Gasteiger partial charge is 0.327 e. The number of methoxy groups -OCH3 is 1. The van der Waals surface area contributed by atoms with Crippen molar-refractivity contribution in [1.29, 1.82) is 0 Å². The van der Waals surface area contributed by atoms with Gasteiger partial charge in [0.05, 0.1) is 34.9 Å². The molecule has 8 heteroatoms. The van der Waals surface area contributed by atoms with Gasteiger partial charge >= 0.3 is 5.97 Å². The Morgan fingerprint density at radius 2 is 1.74 bits per heavy atom. The summed E-state index contributed by atoms with van der Waals surface area (Å²) in [5.41, 5.74) is 1.74. The normalized spacial score (nSPS) is 12.4. The first kappa shape index (κ1) is 24.7. The number of carbonyl (C=O) groups excluding carboxylic acids is 1. The van der Waals surface area contributed by atoms with Gasteiger partial charge in [-0.15, -0.1) is 0 Å². The van der Waals surface area contributed by atoms with Crippen LogP contribution in [0.3, 0.4) is 0 Å². The maximum Gasteiger partial charge on any atom is 0.327 e. The van der Waals surface area contributed by atoms with E-state index in [4.69, 9.17) is 32.7 Å². The molecule has 2 aromatic rings. The summed E-state index contributed by atoms with van der Waals surface area (Å²) in [6.07, 6.45) is -0.165. The summed E-state index contributed by atoms with van der Waals surface area (Å²) in [6.45, 7) is 2.97.